The van der Waals surface area contributed by atoms with Crippen molar-refractivity contribution >= 4 is 5.91 Å². The van der Waals surface area contributed by atoms with Crippen molar-refractivity contribution in [2.75, 3.05) is 0 Å². The van der Waals surface area contributed by atoms with Crippen molar-refractivity contribution in [3.8, 4) is 5.75 Å². The molecule has 0 saturated heterocycles. The van der Waals surface area contributed by atoms with Gasteiger partial charge in [0.25, 0.3) is 5.91 Å². The summed E-state index contributed by atoms with van der Waals surface area (Å²) in [6.45, 7) is 5.77. The van der Waals surface area contributed by atoms with Gasteiger partial charge in [0, 0.05) is 6.04 Å². The number of nitrogens with one attached hydrogen (secondary N) is 1. The summed E-state index contributed by atoms with van der Waals surface area (Å²) in [5, 5.41) is 2.89. The van der Waals surface area contributed by atoms with Gasteiger partial charge in [-0.15, -0.1) is 0 Å². The fourth-order valence-corrected chi connectivity index (χ4v) is 1.22. The van der Waals surface area contributed by atoms with Gasteiger partial charge in [-0.25, -0.2) is 0 Å². The predicted molar refractivity (Wildman–Crippen MR) is 64.4 cm³/mol. The second kappa shape index (κ2) is 6.16. The Hall–Kier alpha value is -1.51. The quantitative estimate of drug-likeness (QED) is 0.829. The van der Waals surface area contributed by atoms with E-state index in [0.717, 1.165) is 6.42 Å². The largest absolute Gasteiger partial charge is 0.481 e. The Kier molecular flexibility index (Phi) is 4.83. The standard InChI is InChI=1S/C13H19NO2/c1-4-10(2)14-13(15)11(3)16-12-8-6-5-7-9-12/h5-11H,4H2,1-3H3,(H,14,15)/t10-,11+/m0/s1. The third kappa shape index (κ3) is 3.93. The Balaban J connectivity index is 2.46. The number of ether oxygens (including phenoxy) is 1. The summed E-state index contributed by atoms with van der Waals surface area (Å²) in [7, 11) is 0. The average molecular weight is 221 g/mol. The highest BCUT2D eigenvalue weighted by Crippen LogP contribution is 2.10. The molecule has 0 aliphatic heterocycles. The molecule has 1 N–H and O–H groups in total. The number of carbonyl (C=O) groups is 1. The van der Waals surface area contributed by atoms with E-state index in [2.05, 4.69) is 5.32 Å². The van der Waals surface area contributed by atoms with E-state index in [4.69, 9.17) is 4.74 Å². The lowest BCUT2D eigenvalue weighted by Gasteiger charge is -2.17. The van der Waals surface area contributed by atoms with Crippen molar-refractivity contribution in [3.05, 3.63) is 30.3 Å². The Morgan fingerprint density at radius 2 is 1.94 bits per heavy atom. The minimum Gasteiger partial charge on any atom is -0.481 e. The summed E-state index contributed by atoms with van der Waals surface area (Å²) in [6.07, 6.45) is 0.459. The molecule has 0 fully saturated rings. The number of benzene rings is 1. The Labute approximate surface area is 96.8 Å². The molecular formula is C13H19NO2. The second-order valence-electron chi connectivity index (χ2n) is 3.89. The first-order valence-corrected chi connectivity index (χ1v) is 5.65. The van der Waals surface area contributed by atoms with E-state index in [1.807, 2.05) is 44.2 Å². The number of hydrogen-bond acceptors (Lipinski definition) is 2. The lowest BCUT2D eigenvalue weighted by atomic mass is 10.2. The highest BCUT2D eigenvalue weighted by Gasteiger charge is 2.15. The smallest absolute Gasteiger partial charge is 0.260 e. The monoisotopic (exact) mass is 221 g/mol. The van der Waals surface area contributed by atoms with E-state index in [0.29, 0.717) is 5.75 Å². The normalized spacial score (nSPS) is 13.9. The lowest BCUT2D eigenvalue weighted by Crippen LogP contribution is -2.40. The van der Waals surface area contributed by atoms with Crippen molar-refractivity contribution < 1.29 is 9.53 Å². The van der Waals surface area contributed by atoms with Gasteiger partial charge in [-0.1, -0.05) is 25.1 Å². The number of para-hydroxylation sites is 1. The summed E-state index contributed by atoms with van der Waals surface area (Å²) in [4.78, 5) is 11.7. The molecule has 1 amide bonds. The topological polar surface area (TPSA) is 38.3 Å². The van der Waals surface area contributed by atoms with Gasteiger partial charge in [0.1, 0.15) is 5.75 Å². The molecule has 0 bridgehead atoms. The van der Waals surface area contributed by atoms with Crippen molar-refractivity contribution in [2.45, 2.75) is 39.3 Å². The van der Waals surface area contributed by atoms with Gasteiger partial charge in [0.2, 0.25) is 0 Å². The van der Waals surface area contributed by atoms with Gasteiger partial charge in [-0.3, -0.25) is 4.79 Å². The minimum absolute atomic E-state index is 0.0711. The molecule has 0 aliphatic rings. The molecule has 1 aromatic rings. The SMILES string of the molecule is CC[C@H](C)NC(=O)[C@@H](C)Oc1ccccc1. The molecule has 0 unspecified atom stereocenters. The van der Waals surface area contributed by atoms with Crippen LogP contribution in [-0.2, 0) is 4.79 Å². The van der Waals surface area contributed by atoms with Crippen LogP contribution in [0.25, 0.3) is 0 Å². The third-order valence-electron chi connectivity index (χ3n) is 2.43. The molecule has 0 saturated carbocycles. The zero-order valence-electron chi connectivity index (χ0n) is 10.1. The predicted octanol–water partition coefficient (Wildman–Crippen LogP) is 2.37. The van der Waals surface area contributed by atoms with Crippen LogP contribution in [0.4, 0.5) is 0 Å². The Bertz CT molecular complexity index is 324. The summed E-state index contributed by atoms with van der Waals surface area (Å²) in [6, 6.07) is 9.55. The maximum absolute atomic E-state index is 11.7. The molecule has 0 aliphatic carbocycles. The molecule has 0 radical (unpaired) electrons. The molecule has 1 aromatic carbocycles. The zero-order valence-corrected chi connectivity index (χ0v) is 10.1. The number of amides is 1. The van der Waals surface area contributed by atoms with Gasteiger partial charge >= 0.3 is 0 Å². The van der Waals surface area contributed by atoms with Crippen LogP contribution in [-0.4, -0.2) is 18.1 Å². The highest BCUT2D eigenvalue weighted by molar-refractivity contribution is 5.80. The van der Waals surface area contributed by atoms with Crippen LogP contribution in [0.1, 0.15) is 27.2 Å². The average Bonchev–Trinajstić information content (AvgIpc) is 2.30. The van der Waals surface area contributed by atoms with Crippen LogP contribution in [0.2, 0.25) is 0 Å². The molecule has 16 heavy (non-hydrogen) atoms. The molecular weight excluding hydrogens is 202 g/mol. The fraction of sp³-hybridized carbons (Fsp3) is 0.462. The maximum Gasteiger partial charge on any atom is 0.260 e. The van der Waals surface area contributed by atoms with Gasteiger partial charge in [0.15, 0.2) is 6.10 Å². The maximum atomic E-state index is 11.7. The summed E-state index contributed by atoms with van der Waals surface area (Å²) >= 11 is 0. The Morgan fingerprint density at radius 1 is 1.31 bits per heavy atom. The first-order valence-electron chi connectivity index (χ1n) is 5.65. The van der Waals surface area contributed by atoms with E-state index >= 15 is 0 Å². The van der Waals surface area contributed by atoms with Gasteiger partial charge in [0.05, 0.1) is 0 Å². The molecule has 3 nitrogen and oxygen atoms in total. The minimum atomic E-state index is -0.462. The van der Waals surface area contributed by atoms with Crippen LogP contribution >= 0.6 is 0 Å². The van der Waals surface area contributed by atoms with E-state index in [1.165, 1.54) is 0 Å². The van der Waals surface area contributed by atoms with Crippen LogP contribution < -0.4 is 10.1 Å². The number of carbonyl (C=O) groups excluding carboxylic acids is 1. The Morgan fingerprint density at radius 3 is 2.50 bits per heavy atom. The third-order valence-corrected chi connectivity index (χ3v) is 2.43. The molecule has 0 heterocycles. The fourth-order valence-electron chi connectivity index (χ4n) is 1.22. The van der Waals surface area contributed by atoms with E-state index in [-0.39, 0.29) is 11.9 Å². The van der Waals surface area contributed by atoms with Gasteiger partial charge in [-0.2, -0.15) is 0 Å². The van der Waals surface area contributed by atoms with E-state index in [1.54, 1.807) is 6.92 Å². The molecule has 1 rings (SSSR count). The number of hydrogen-bond donors (Lipinski definition) is 1. The van der Waals surface area contributed by atoms with Crippen LogP contribution in [0.15, 0.2) is 30.3 Å². The van der Waals surface area contributed by atoms with Crippen LogP contribution in [0.5, 0.6) is 5.75 Å². The van der Waals surface area contributed by atoms with Gasteiger partial charge in [-0.05, 0) is 32.4 Å². The highest BCUT2D eigenvalue weighted by atomic mass is 16.5. The molecule has 0 aromatic heterocycles. The zero-order chi connectivity index (χ0) is 12.0. The summed E-state index contributed by atoms with van der Waals surface area (Å²) < 4.78 is 5.51. The van der Waals surface area contributed by atoms with Crippen LogP contribution in [0, 0.1) is 0 Å². The first-order chi connectivity index (χ1) is 7.63. The van der Waals surface area contributed by atoms with E-state index in [9.17, 15) is 4.79 Å². The van der Waals surface area contributed by atoms with Crippen LogP contribution in [0.3, 0.4) is 0 Å². The first kappa shape index (κ1) is 12.6. The van der Waals surface area contributed by atoms with Crippen molar-refractivity contribution in [3.63, 3.8) is 0 Å². The lowest BCUT2D eigenvalue weighted by molar-refractivity contribution is -0.127. The summed E-state index contributed by atoms with van der Waals surface area (Å²) in [5.41, 5.74) is 0. The van der Waals surface area contributed by atoms with Gasteiger partial charge < -0.3 is 10.1 Å². The number of rotatable bonds is 5. The van der Waals surface area contributed by atoms with Crippen molar-refractivity contribution in [2.24, 2.45) is 0 Å². The molecule has 3 heteroatoms. The van der Waals surface area contributed by atoms with Crippen molar-refractivity contribution in [1.82, 2.24) is 5.32 Å². The molecule has 0 spiro atoms. The summed E-state index contributed by atoms with van der Waals surface area (Å²) in [5.74, 6) is 0.646. The van der Waals surface area contributed by atoms with Crippen molar-refractivity contribution in [1.29, 1.82) is 0 Å². The second-order valence-corrected chi connectivity index (χ2v) is 3.89. The molecule has 2 atom stereocenters. The van der Waals surface area contributed by atoms with E-state index < -0.39 is 6.10 Å². The molecule has 88 valence electrons.